The number of hydrogen-bond donors (Lipinski definition) is 5. The van der Waals surface area contributed by atoms with Crippen LogP contribution in [0.1, 0.15) is 122 Å². The molecule has 2 aliphatic heterocycles. The van der Waals surface area contributed by atoms with Gasteiger partial charge in [-0.1, -0.05) is 124 Å². The van der Waals surface area contributed by atoms with Gasteiger partial charge in [-0.3, -0.25) is 9.59 Å². The quantitative estimate of drug-likeness (QED) is 0.106. The molecule has 0 radical (unpaired) electrons. The number of ketones is 1. The lowest BCUT2D eigenvalue weighted by molar-refractivity contribution is 0.0933. The zero-order valence-corrected chi connectivity index (χ0v) is 36.4. The van der Waals surface area contributed by atoms with Crippen LogP contribution in [0, 0.1) is 23.7 Å². The lowest BCUT2D eigenvalue weighted by atomic mass is 9.64. The first kappa shape index (κ1) is 49.1. The summed E-state index contributed by atoms with van der Waals surface area (Å²) >= 11 is 2.08. The van der Waals surface area contributed by atoms with Gasteiger partial charge in [-0.25, -0.2) is 0 Å². The first-order valence-electron chi connectivity index (χ1n) is 20.4. The summed E-state index contributed by atoms with van der Waals surface area (Å²) in [5.74, 6) is 4.94. The van der Waals surface area contributed by atoms with Crippen LogP contribution in [-0.2, 0) is 0 Å². The van der Waals surface area contributed by atoms with E-state index in [1.807, 2.05) is 41.5 Å². The molecule has 5 rings (SSSR count). The summed E-state index contributed by atoms with van der Waals surface area (Å²) in [6.45, 7) is 27.2. The molecule has 0 aromatic heterocycles. The SMILES string of the molecule is C=C1NC2CSC(C(C)C)C2N1.CB(O)c1ccc(C(=O)C(C)C)cc1.CB(O)c1ccc(C(=O)NC(C)C)cc1.CC.CC(C)C1CC/C=C/CCC1. The lowest BCUT2D eigenvalue weighted by Crippen LogP contribution is -2.38. The van der Waals surface area contributed by atoms with Gasteiger partial charge in [-0.05, 0) is 86.8 Å². The lowest BCUT2D eigenvalue weighted by Gasteiger charge is -2.20. The van der Waals surface area contributed by atoms with Gasteiger partial charge in [0.05, 0.1) is 17.9 Å². The molecule has 1 amide bonds. The molecule has 5 N–H and O–H groups in total. The largest absolute Gasteiger partial charge is 0.447 e. The molecule has 2 fully saturated rings. The van der Waals surface area contributed by atoms with Crippen molar-refractivity contribution in [1.29, 1.82) is 0 Å². The molecule has 4 unspecified atom stereocenters. The second-order valence-corrected chi connectivity index (χ2v) is 16.9. The third-order valence-electron chi connectivity index (χ3n) is 9.65. The molecule has 2 aromatic rings. The molecule has 2 heterocycles. The number of benzene rings is 2. The van der Waals surface area contributed by atoms with Gasteiger partial charge in [-0.15, -0.1) is 0 Å². The fourth-order valence-corrected chi connectivity index (χ4v) is 7.98. The van der Waals surface area contributed by atoms with Crippen LogP contribution in [0.25, 0.3) is 0 Å². The van der Waals surface area contributed by atoms with E-state index in [1.54, 1.807) is 62.2 Å². The average molecular weight is 762 g/mol. The molecule has 0 spiro atoms. The molecule has 1 aliphatic carbocycles. The molecule has 2 saturated heterocycles. The molecule has 0 saturated carbocycles. The van der Waals surface area contributed by atoms with Crippen molar-refractivity contribution in [3.8, 4) is 0 Å². The van der Waals surface area contributed by atoms with Crippen LogP contribution in [0.15, 0.2) is 73.1 Å². The van der Waals surface area contributed by atoms with E-state index in [2.05, 4.69) is 74.1 Å². The summed E-state index contributed by atoms with van der Waals surface area (Å²) in [6, 6.07) is 15.5. The van der Waals surface area contributed by atoms with Crippen LogP contribution in [-0.4, -0.2) is 64.7 Å². The molecule has 0 bridgehead atoms. The van der Waals surface area contributed by atoms with Gasteiger partial charge < -0.3 is 26.0 Å². The Morgan fingerprint density at radius 1 is 0.778 bits per heavy atom. The van der Waals surface area contributed by atoms with Gasteiger partial charge in [0.2, 0.25) is 0 Å². The van der Waals surface area contributed by atoms with E-state index in [9.17, 15) is 19.6 Å². The van der Waals surface area contributed by atoms with Gasteiger partial charge in [0.25, 0.3) is 5.91 Å². The fraction of sp³-hybridized carbons (Fsp3) is 0.591. The Morgan fingerprint density at radius 3 is 1.76 bits per heavy atom. The Labute approximate surface area is 334 Å². The van der Waals surface area contributed by atoms with Crippen LogP contribution < -0.4 is 26.9 Å². The van der Waals surface area contributed by atoms with Gasteiger partial charge in [0.1, 0.15) is 0 Å². The maximum Gasteiger partial charge on any atom is 0.320 e. The zero-order chi connectivity index (χ0) is 41.0. The summed E-state index contributed by atoms with van der Waals surface area (Å²) in [5, 5.41) is 28.9. The maximum atomic E-state index is 11.6. The Kier molecular flexibility index (Phi) is 23.6. The molecule has 7 nitrogen and oxygen atoms in total. The fourth-order valence-electron chi connectivity index (χ4n) is 6.41. The van der Waals surface area contributed by atoms with Crippen LogP contribution in [0.2, 0.25) is 13.6 Å². The van der Waals surface area contributed by atoms with Crippen molar-refractivity contribution in [3.05, 3.63) is 84.2 Å². The third-order valence-corrected chi connectivity index (χ3v) is 11.4. The topological polar surface area (TPSA) is 111 Å². The van der Waals surface area contributed by atoms with Crippen molar-refractivity contribution < 1.29 is 19.6 Å². The van der Waals surface area contributed by atoms with E-state index in [0.29, 0.717) is 23.2 Å². The number of carbonyl (C=O) groups excluding carboxylic acids is 2. The molecule has 10 heteroatoms. The summed E-state index contributed by atoms with van der Waals surface area (Å²) in [4.78, 5) is 23.1. The number of allylic oxidation sites excluding steroid dienone is 2. The predicted molar refractivity (Wildman–Crippen MR) is 238 cm³/mol. The van der Waals surface area contributed by atoms with Gasteiger partial charge in [0, 0.05) is 34.1 Å². The highest BCUT2D eigenvalue weighted by Gasteiger charge is 2.42. The normalized spacial score (nSPS) is 20.4. The van der Waals surface area contributed by atoms with E-state index in [4.69, 9.17) is 0 Å². The van der Waals surface area contributed by atoms with Gasteiger partial charge in [-0.2, -0.15) is 11.8 Å². The Hall–Kier alpha value is -2.94. The van der Waals surface area contributed by atoms with Crippen LogP contribution in [0.4, 0.5) is 0 Å². The smallest absolute Gasteiger partial charge is 0.320 e. The highest BCUT2D eigenvalue weighted by atomic mass is 32.2. The molecule has 3 aliphatic rings. The third kappa shape index (κ3) is 17.7. The van der Waals surface area contributed by atoms with Crippen molar-refractivity contribution in [2.24, 2.45) is 23.7 Å². The maximum absolute atomic E-state index is 11.6. The summed E-state index contributed by atoms with van der Waals surface area (Å²) < 4.78 is 0. The van der Waals surface area contributed by atoms with E-state index in [0.717, 1.165) is 39.8 Å². The minimum atomic E-state index is -0.493. The number of rotatable bonds is 8. The second-order valence-electron chi connectivity index (χ2n) is 15.7. The first-order chi connectivity index (χ1) is 25.5. The van der Waals surface area contributed by atoms with Crippen molar-refractivity contribution in [2.45, 2.75) is 138 Å². The summed E-state index contributed by atoms with van der Waals surface area (Å²) in [5.41, 5.74) is 2.99. The molecular weight excluding hydrogens is 688 g/mol. The van der Waals surface area contributed by atoms with Crippen LogP contribution >= 0.6 is 11.8 Å². The highest BCUT2D eigenvalue weighted by Crippen LogP contribution is 2.35. The number of carbonyl (C=O) groups is 2. The van der Waals surface area contributed by atoms with Crippen molar-refractivity contribution in [3.63, 3.8) is 0 Å². The Balaban J connectivity index is 0.000000356. The van der Waals surface area contributed by atoms with Crippen LogP contribution in [0.5, 0.6) is 0 Å². The van der Waals surface area contributed by atoms with E-state index >= 15 is 0 Å². The van der Waals surface area contributed by atoms with E-state index in [-0.39, 0.29) is 23.7 Å². The minimum absolute atomic E-state index is 0.0207. The van der Waals surface area contributed by atoms with E-state index < -0.39 is 13.8 Å². The van der Waals surface area contributed by atoms with Crippen LogP contribution in [0.3, 0.4) is 0 Å². The number of Topliss-reactive ketones (excluding diaryl/α,β-unsaturated/α-hetero) is 1. The number of fused-ring (bicyclic) bond motifs is 1. The molecule has 2 aromatic carbocycles. The van der Waals surface area contributed by atoms with E-state index in [1.165, 1.54) is 37.9 Å². The van der Waals surface area contributed by atoms with Crippen molar-refractivity contribution >= 4 is 48.2 Å². The van der Waals surface area contributed by atoms with Crippen molar-refractivity contribution in [1.82, 2.24) is 16.0 Å². The molecule has 4 atom stereocenters. The Morgan fingerprint density at radius 2 is 1.30 bits per heavy atom. The van der Waals surface area contributed by atoms with Gasteiger partial charge in [0.15, 0.2) is 5.78 Å². The summed E-state index contributed by atoms with van der Waals surface area (Å²) in [6.07, 6.45) is 11.6. The second kappa shape index (κ2) is 26.0. The summed E-state index contributed by atoms with van der Waals surface area (Å²) in [7, 11) is 0. The number of amides is 1. The first-order valence-corrected chi connectivity index (χ1v) is 21.5. The molecule has 54 heavy (non-hydrogen) atoms. The predicted octanol–water partition coefficient (Wildman–Crippen LogP) is 7.96. The highest BCUT2D eigenvalue weighted by molar-refractivity contribution is 8.00. The standard InChI is InChI=1S/C11H16BNO2.C11H15BO2.C11H20.C9H16N2S.C2H6/c1-8(2)13-11(14)9-4-6-10(7-5-9)12(3)15;1-8(2)11(13)9-4-6-10(7-5-9)12(3)14;1-10(2)11-8-6-4-3-5-7-9-11;1-5(2)9-8-7(4-12-9)10-6(3)11-8;1-2/h4-8,15H,1-3H3,(H,13,14);4-8,14H,1-3H3;3-4,10-11H,5-9H2,1-2H3;5,7-11H,3-4H2,1-2H3;1-2H3/b;;4-3+;;. The molecular formula is C44H73B2N3O4S. The Bertz CT molecular complexity index is 1400. The van der Waals surface area contributed by atoms with Gasteiger partial charge >= 0.3 is 13.8 Å². The monoisotopic (exact) mass is 762 g/mol. The number of nitrogens with one attached hydrogen (secondary N) is 3. The number of thioether (sulfide) groups is 1. The number of hydrogen-bond acceptors (Lipinski definition) is 7. The van der Waals surface area contributed by atoms with Crippen molar-refractivity contribution in [2.75, 3.05) is 5.75 Å². The molecule has 300 valence electrons. The average Bonchev–Trinajstić information content (AvgIpc) is 3.68. The minimum Gasteiger partial charge on any atom is -0.447 e. The zero-order valence-electron chi connectivity index (χ0n) is 35.6.